The van der Waals surface area contributed by atoms with Crippen molar-refractivity contribution in [2.75, 3.05) is 32.9 Å². The van der Waals surface area contributed by atoms with Crippen molar-refractivity contribution in [1.29, 1.82) is 0 Å². The minimum Gasteiger partial charge on any atom is -0.452 e. The zero-order valence-corrected chi connectivity index (χ0v) is 18.3. The molecule has 2 fully saturated rings. The molecule has 30 heavy (non-hydrogen) atoms. The predicted molar refractivity (Wildman–Crippen MR) is 110 cm³/mol. The molecule has 1 aliphatic heterocycles. The van der Waals surface area contributed by atoms with Crippen molar-refractivity contribution >= 4 is 21.9 Å². The number of sulfonamides is 1. The number of hydrogen-bond donors (Lipinski definition) is 1. The van der Waals surface area contributed by atoms with Gasteiger partial charge in [0.15, 0.2) is 6.61 Å². The maximum atomic E-state index is 12.6. The van der Waals surface area contributed by atoms with Crippen molar-refractivity contribution in [1.82, 2.24) is 9.62 Å². The van der Waals surface area contributed by atoms with E-state index in [1.807, 2.05) is 0 Å². The Morgan fingerprint density at radius 1 is 1.13 bits per heavy atom. The van der Waals surface area contributed by atoms with Crippen LogP contribution in [0, 0.1) is 11.8 Å². The molecule has 1 heterocycles. The van der Waals surface area contributed by atoms with E-state index in [4.69, 9.17) is 9.47 Å². The number of morpholine rings is 1. The molecule has 1 aromatic rings. The summed E-state index contributed by atoms with van der Waals surface area (Å²) in [6.07, 6.45) is 3.18. The van der Waals surface area contributed by atoms with E-state index >= 15 is 0 Å². The number of amides is 1. The largest absolute Gasteiger partial charge is 0.452 e. The highest BCUT2D eigenvalue weighted by atomic mass is 32.2. The van der Waals surface area contributed by atoms with E-state index in [1.165, 1.54) is 35.0 Å². The molecular formula is C21H30N2O6S. The average Bonchev–Trinajstić information content (AvgIpc) is 2.76. The second-order valence-corrected chi connectivity index (χ2v) is 10.00. The van der Waals surface area contributed by atoms with E-state index in [0.717, 1.165) is 12.8 Å². The molecule has 1 aliphatic carbocycles. The van der Waals surface area contributed by atoms with Gasteiger partial charge in [-0.15, -0.1) is 0 Å². The summed E-state index contributed by atoms with van der Waals surface area (Å²) in [6, 6.07) is 5.67. The third-order valence-electron chi connectivity index (χ3n) is 6.09. The van der Waals surface area contributed by atoms with Crippen molar-refractivity contribution in [2.24, 2.45) is 11.8 Å². The van der Waals surface area contributed by atoms with Gasteiger partial charge < -0.3 is 14.8 Å². The van der Waals surface area contributed by atoms with E-state index in [9.17, 15) is 18.0 Å². The Morgan fingerprint density at radius 3 is 2.47 bits per heavy atom. The van der Waals surface area contributed by atoms with Crippen molar-refractivity contribution in [2.45, 2.75) is 44.0 Å². The molecule has 0 unspecified atom stereocenters. The van der Waals surface area contributed by atoms with E-state index in [2.05, 4.69) is 19.2 Å². The molecule has 1 amide bonds. The lowest BCUT2D eigenvalue weighted by atomic mass is 9.78. The van der Waals surface area contributed by atoms with Crippen LogP contribution in [-0.4, -0.2) is 63.6 Å². The van der Waals surface area contributed by atoms with E-state index < -0.39 is 16.0 Å². The standard InChI is InChI=1S/C21H30N2O6S/c1-15-4-3-5-19(16(15)2)22-20(24)14-29-21(25)17-6-8-18(9-7-17)30(26,27)23-10-12-28-13-11-23/h6-9,15-16,19H,3-5,10-14H2,1-2H3,(H,22,24)/t15-,16+,19+/m1/s1. The molecule has 1 saturated carbocycles. The number of esters is 1. The van der Waals surface area contributed by atoms with Gasteiger partial charge >= 0.3 is 5.97 Å². The van der Waals surface area contributed by atoms with Crippen LogP contribution in [-0.2, 0) is 24.3 Å². The Hall–Kier alpha value is -1.97. The van der Waals surface area contributed by atoms with Crippen molar-refractivity contribution in [3.63, 3.8) is 0 Å². The summed E-state index contributed by atoms with van der Waals surface area (Å²) in [7, 11) is -3.62. The highest BCUT2D eigenvalue weighted by Gasteiger charge is 2.29. The van der Waals surface area contributed by atoms with Crippen LogP contribution in [0.4, 0.5) is 0 Å². The maximum Gasteiger partial charge on any atom is 0.338 e. The van der Waals surface area contributed by atoms with Crippen LogP contribution in [0.15, 0.2) is 29.2 Å². The molecular weight excluding hydrogens is 408 g/mol. The van der Waals surface area contributed by atoms with Gasteiger partial charge in [0.25, 0.3) is 5.91 Å². The Labute approximate surface area is 178 Å². The Morgan fingerprint density at radius 2 is 1.80 bits per heavy atom. The Kier molecular flexibility index (Phi) is 7.49. The van der Waals surface area contributed by atoms with E-state index in [-0.39, 0.29) is 29.0 Å². The number of carbonyl (C=O) groups excluding carboxylic acids is 2. The number of carbonyl (C=O) groups is 2. The lowest BCUT2D eigenvalue weighted by Crippen LogP contribution is -2.45. The van der Waals surface area contributed by atoms with Crippen LogP contribution in [0.5, 0.6) is 0 Å². The van der Waals surface area contributed by atoms with Crippen LogP contribution in [0.2, 0.25) is 0 Å². The number of nitrogens with zero attached hydrogens (tertiary/aromatic N) is 1. The molecule has 3 atom stereocenters. The molecule has 8 nitrogen and oxygen atoms in total. The zero-order valence-electron chi connectivity index (χ0n) is 17.5. The molecule has 166 valence electrons. The van der Waals surface area contributed by atoms with Gasteiger partial charge in [0.2, 0.25) is 10.0 Å². The lowest BCUT2D eigenvalue weighted by molar-refractivity contribution is -0.125. The molecule has 0 radical (unpaired) electrons. The summed E-state index contributed by atoms with van der Waals surface area (Å²) in [4.78, 5) is 24.5. The molecule has 3 rings (SSSR count). The first-order chi connectivity index (χ1) is 14.3. The molecule has 1 saturated heterocycles. The fourth-order valence-electron chi connectivity index (χ4n) is 3.95. The lowest BCUT2D eigenvalue weighted by Gasteiger charge is -2.34. The fourth-order valence-corrected chi connectivity index (χ4v) is 5.36. The van der Waals surface area contributed by atoms with E-state index in [1.54, 1.807) is 0 Å². The van der Waals surface area contributed by atoms with Crippen LogP contribution in [0.25, 0.3) is 0 Å². The Balaban J connectivity index is 1.52. The quantitative estimate of drug-likeness (QED) is 0.680. The monoisotopic (exact) mass is 438 g/mol. The maximum absolute atomic E-state index is 12.6. The highest BCUT2D eigenvalue weighted by Crippen LogP contribution is 2.29. The molecule has 0 spiro atoms. The number of ether oxygens (including phenoxy) is 2. The molecule has 0 bridgehead atoms. The summed E-state index contributed by atoms with van der Waals surface area (Å²) in [5.74, 6) is -0.0374. The summed E-state index contributed by atoms with van der Waals surface area (Å²) >= 11 is 0. The van der Waals surface area contributed by atoms with Crippen LogP contribution in [0.3, 0.4) is 0 Å². The minimum atomic E-state index is -3.62. The zero-order chi connectivity index (χ0) is 21.7. The van der Waals surface area contributed by atoms with Crippen molar-refractivity contribution in [3.8, 4) is 0 Å². The van der Waals surface area contributed by atoms with Crippen LogP contribution in [0.1, 0.15) is 43.5 Å². The van der Waals surface area contributed by atoms with Crippen molar-refractivity contribution in [3.05, 3.63) is 29.8 Å². The third-order valence-corrected chi connectivity index (χ3v) is 8.00. The number of nitrogens with one attached hydrogen (secondary N) is 1. The first-order valence-corrected chi connectivity index (χ1v) is 11.9. The molecule has 2 aliphatic rings. The normalized spacial score (nSPS) is 25.5. The average molecular weight is 439 g/mol. The SMILES string of the molecule is C[C@H]1[C@H](C)CCC[C@@H]1NC(=O)COC(=O)c1ccc(S(=O)(=O)N2CCOCC2)cc1. The van der Waals surface area contributed by atoms with E-state index in [0.29, 0.717) is 38.1 Å². The first-order valence-electron chi connectivity index (χ1n) is 10.4. The van der Waals surface area contributed by atoms with Gasteiger partial charge in [-0.05, 0) is 42.5 Å². The van der Waals surface area contributed by atoms with Gasteiger partial charge in [0.05, 0.1) is 23.7 Å². The minimum absolute atomic E-state index is 0.102. The fraction of sp³-hybridized carbons (Fsp3) is 0.619. The molecule has 1 aromatic carbocycles. The first kappa shape index (κ1) is 22.7. The Bertz CT molecular complexity index is 849. The van der Waals surface area contributed by atoms with Crippen LogP contribution < -0.4 is 5.32 Å². The van der Waals surface area contributed by atoms with Gasteiger partial charge in [0, 0.05) is 19.1 Å². The number of benzene rings is 1. The van der Waals surface area contributed by atoms with Gasteiger partial charge in [-0.2, -0.15) is 4.31 Å². The summed E-state index contributed by atoms with van der Waals surface area (Å²) in [5, 5.41) is 2.96. The topological polar surface area (TPSA) is 102 Å². The molecule has 9 heteroatoms. The molecule has 1 N–H and O–H groups in total. The molecule has 0 aromatic heterocycles. The smallest absolute Gasteiger partial charge is 0.338 e. The van der Waals surface area contributed by atoms with Gasteiger partial charge in [-0.25, -0.2) is 13.2 Å². The summed E-state index contributed by atoms with van der Waals surface area (Å²) < 4.78 is 36.9. The number of hydrogen-bond acceptors (Lipinski definition) is 6. The van der Waals surface area contributed by atoms with Crippen molar-refractivity contribution < 1.29 is 27.5 Å². The van der Waals surface area contributed by atoms with Gasteiger partial charge in [-0.3, -0.25) is 4.79 Å². The number of rotatable bonds is 6. The third kappa shape index (κ3) is 5.39. The predicted octanol–water partition coefficient (Wildman–Crippen LogP) is 1.81. The second kappa shape index (κ2) is 9.89. The highest BCUT2D eigenvalue weighted by molar-refractivity contribution is 7.89. The van der Waals surface area contributed by atoms with Crippen LogP contribution >= 0.6 is 0 Å². The van der Waals surface area contributed by atoms with Gasteiger partial charge in [-0.1, -0.05) is 26.7 Å². The summed E-state index contributed by atoms with van der Waals surface area (Å²) in [6.45, 7) is 5.30. The second-order valence-electron chi connectivity index (χ2n) is 8.06. The summed E-state index contributed by atoms with van der Waals surface area (Å²) in [5.41, 5.74) is 0.198. The van der Waals surface area contributed by atoms with Gasteiger partial charge in [0.1, 0.15) is 0 Å².